The fourth-order valence-corrected chi connectivity index (χ4v) is 2.00. The molecule has 0 aliphatic carbocycles. The van der Waals surface area contributed by atoms with Crippen LogP contribution in [0.4, 0.5) is 0 Å². The van der Waals surface area contributed by atoms with Gasteiger partial charge >= 0.3 is 0 Å². The highest BCUT2D eigenvalue weighted by atomic mass is 16.3. The van der Waals surface area contributed by atoms with Gasteiger partial charge in [-0.25, -0.2) is 0 Å². The van der Waals surface area contributed by atoms with E-state index in [4.69, 9.17) is 0 Å². The zero-order valence-corrected chi connectivity index (χ0v) is 13.0. The van der Waals surface area contributed by atoms with Crippen molar-refractivity contribution in [2.45, 2.75) is 45.8 Å². The zero-order chi connectivity index (χ0) is 15.7. The molecule has 0 aromatic heterocycles. The lowest BCUT2D eigenvalue weighted by molar-refractivity contribution is -0.117. The van der Waals surface area contributed by atoms with Gasteiger partial charge in [0.15, 0.2) is 0 Å². The van der Waals surface area contributed by atoms with Crippen LogP contribution in [0, 0.1) is 0 Å². The van der Waals surface area contributed by atoms with E-state index in [1.807, 2.05) is 63.3 Å². The van der Waals surface area contributed by atoms with Gasteiger partial charge in [-0.3, -0.25) is 4.79 Å². The Morgan fingerprint density at radius 1 is 1.29 bits per heavy atom. The Labute approximate surface area is 127 Å². The van der Waals surface area contributed by atoms with Crippen LogP contribution in [0.25, 0.3) is 0 Å². The molecule has 1 rings (SSSR count). The minimum absolute atomic E-state index is 0.178. The maximum absolute atomic E-state index is 11.8. The number of allylic oxidation sites excluding steroid dienone is 3. The SMILES string of the molecule is CC=C(C=CC(=O)NC(C)C(O)Cc1ccccc1)CC. The fourth-order valence-electron chi connectivity index (χ4n) is 2.00. The Bertz CT molecular complexity index is 491. The molecule has 0 radical (unpaired) electrons. The predicted molar refractivity (Wildman–Crippen MR) is 86.9 cm³/mol. The molecule has 2 unspecified atom stereocenters. The first-order valence-electron chi connectivity index (χ1n) is 7.42. The summed E-state index contributed by atoms with van der Waals surface area (Å²) >= 11 is 0. The first kappa shape index (κ1) is 17.2. The number of hydrogen-bond donors (Lipinski definition) is 2. The van der Waals surface area contributed by atoms with Gasteiger partial charge in [0, 0.05) is 12.5 Å². The van der Waals surface area contributed by atoms with Crippen LogP contribution >= 0.6 is 0 Å². The summed E-state index contributed by atoms with van der Waals surface area (Å²) < 4.78 is 0. The second-order valence-corrected chi connectivity index (χ2v) is 5.10. The van der Waals surface area contributed by atoms with Gasteiger partial charge in [0.2, 0.25) is 5.91 Å². The molecule has 3 heteroatoms. The summed E-state index contributed by atoms with van der Waals surface area (Å²) in [6.07, 6.45) is 6.14. The molecule has 3 nitrogen and oxygen atoms in total. The van der Waals surface area contributed by atoms with Crippen molar-refractivity contribution in [2.24, 2.45) is 0 Å². The highest BCUT2D eigenvalue weighted by Crippen LogP contribution is 2.06. The van der Waals surface area contributed by atoms with Crippen LogP contribution in [0.3, 0.4) is 0 Å². The predicted octanol–water partition coefficient (Wildman–Crippen LogP) is 3.01. The smallest absolute Gasteiger partial charge is 0.244 e. The summed E-state index contributed by atoms with van der Waals surface area (Å²) in [5.41, 5.74) is 2.17. The number of carbonyl (C=O) groups is 1. The number of hydrogen-bond acceptors (Lipinski definition) is 2. The number of benzene rings is 1. The highest BCUT2D eigenvalue weighted by Gasteiger charge is 2.15. The summed E-state index contributed by atoms with van der Waals surface area (Å²) in [5.74, 6) is -0.178. The van der Waals surface area contributed by atoms with Gasteiger partial charge in [0.25, 0.3) is 0 Å². The van der Waals surface area contributed by atoms with Gasteiger partial charge in [-0.15, -0.1) is 0 Å². The van der Waals surface area contributed by atoms with Crippen molar-refractivity contribution in [2.75, 3.05) is 0 Å². The summed E-state index contributed by atoms with van der Waals surface area (Å²) in [6, 6.07) is 9.47. The molecular weight excluding hydrogens is 262 g/mol. The molecule has 0 saturated heterocycles. The summed E-state index contributed by atoms with van der Waals surface area (Å²) in [4.78, 5) is 11.8. The average molecular weight is 287 g/mol. The van der Waals surface area contributed by atoms with Crippen molar-refractivity contribution in [1.29, 1.82) is 0 Å². The first-order chi connectivity index (χ1) is 10.1. The molecule has 21 heavy (non-hydrogen) atoms. The number of rotatable bonds is 7. The first-order valence-corrected chi connectivity index (χ1v) is 7.42. The number of nitrogens with one attached hydrogen (secondary N) is 1. The third kappa shape index (κ3) is 6.41. The van der Waals surface area contributed by atoms with Crippen LogP contribution in [0.5, 0.6) is 0 Å². The number of amides is 1. The zero-order valence-electron chi connectivity index (χ0n) is 13.0. The maximum Gasteiger partial charge on any atom is 0.244 e. The van der Waals surface area contributed by atoms with Crippen molar-refractivity contribution < 1.29 is 9.90 Å². The second-order valence-electron chi connectivity index (χ2n) is 5.10. The van der Waals surface area contributed by atoms with E-state index in [1.165, 1.54) is 6.08 Å². The van der Waals surface area contributed by atoms with E-state index in [2.05, 4.69) is 5.32 Å². The van der Waals surface area contributed by atoms with Gasteiger partial charge in [-0.2, -0.15) is 0 Å². The summed E-state index contributed by atoms with van der Waals surface area (Å²) in [7, 11) is 0. The molecule has 2 N–H and O–H groups in total. The van der Waals surface area contributed by atoms with E-state index in [1.54, 1.807) is 0 Å². The van der Waals surface area contributed by atoms with Gasteiger partial charge in [-0.05, 0) is 25.8 Å². The van der Waals surface area contributed by atoms with Crippen molar-refractivity contribution in [3.05, 3.63) is 59.7 Å². The maximum atomic E-state index is 11.8. The van der Waals surface area contributed by atoms with Crippen LogP contribution in [-0.2, 0) is 11.2 Å². The monoisotopic (exact) mass is 287 g/mol. The van der Waals surface area contributed by atoms with Crippen LogP contribution < -0.4 is 5.32 Å². The average Bonchev–Trinajstić information content (AvgIpc) is 2.49. The Morgan fingerprint density at radius 2 is 1.95 bits per heavy atom. The summed E-state index contributed by atoms with van der Waals surface area (Å²) in [6.45, 7) is 5.81. The van der Waals surface area contributed by atoms with Crippen molar-refractivity contribution >= 4 is 5.91 Å². The third-order valence-electron chi connectivity index (χ3n) is 3.46. The molecule has 2 atom stereocenters. The second kappa shape index (κ2) is 9.14. The summed E-state index contributed by atoms with van der Waals surface area (Å²) in [5, 5.41) is 12.9. The molecule has 0 heterocycles. The molecule has 1 amide bonds. The molecule has 0 spiro atoms. The van der Waals surface area contributed by atoms with E-state index in [-0.39, 0.29) is 11.9 Å². The van der Waals surface area contributed by atoms with E-state index < -0.39 is 6.10 Å². The molecule has 0 saturated carbocycles. The lowest BCUT2D eigenvalue weighted by Crippen LogP contribution is -2.41. The Hall–Kier alpha value is -1.87. The quantitative estimate of drug-likeness (QED) is 0.598. The topological polar surface area (TPSA) is 49.3 Å². The molecule has 0 bridgehead atoms. The fraction of sp³-hybridized carbons (Fsp3) is 0.389. The van der Waals surface area contributed by atoms with Crippen LogP contribution in [0.15, 0.2) is 54.1 Å². The van der Waals surface area contributed by atoms with Crippen LogP contribution in [0.2, 0.25) is 0 Å². The molecule has 1 aromatic rings. The molecular formula is C18H25NO2. The van der Waals surface area contributed by atoms with Crippen molar-refractivity contribution in [1.82, 2.24) is 5.32 Å². The number of carbonyl (C=O) groups excluding carboxylic acids is 1. The molecule has 1 aromatic carbocycles. The Kier molecular flexibility index (Phi) is 7.48. The van der Waals surface area contributed by atoms with Crippen molar-refractivity contribution in [3.63, 3.8) is 0 Å². The molecule has 0 aliphatic rings. The van der Waals surface area contributed by atoms with Crippen molar-refractivity contribution in [3.8, 4) is 0 Å². The normalized spacial score (nSPS) is 15.0. The largest absolute Gasteiger partial charge is 0.391 e. The van der Waals surface area contributed by atoms with Crippen LogP contribution in [0.1, 0.15) is 32.8 Å². The standard InChI is InChI=1S/C18H25NO2/c1-4-15(5-2)11-12-18(21)19-14(3)17(20)13-16-9-7-6-8-10-16/h4,6-12,14,17,20H,5,13H2,1-3H3,(H,19,21). The molecule has 114 valence electrons. The van der Waals surface area contributed by atoms with E-state index >= 15 is 0 Å². The van der Waals surface area contributed by atoms with Crippen LogP contribution in [-0.4, -0.2) is 23.2 Å². The Balaban J connectivity index is 2.48. The minimum Gasteiger partial charge on any atom is -0.391 e. The van der Waals surface area contributed by atoms with Gasteiger partial charge in [0.05, 0.1) is 12.1 Å². The highest BCUT2D eigenvalue weighted by molar-refractivity contribution is 5.88. The lowest BCUT2D eigenvalue weighted by Gasteiger charge is -2.19. The lowest BCUT2D eigenvalue weighted by atomic mass is 10.0. The Morgan fingerprint density at radius 3 is 2.52 bits per heavy atom. The third-order valence-corrected chi connectivity index (χ3v) is 3.46. The van der Waals surface area contributed by atoms with Gasteiger partial charge in [-0.1, -0.05) is 55.0 Å². The number of aliphatic hydroxyl groups excluding tert-OH is 1. The van der Waals surface area contributed by atoms with E-state index in [0.29, 0.717) is 6.42 Å². The van der Waals surface area contributed by atoms with Gasteiger partial charge < -0.3 is 10.4 Å². The molecule has 0 aliphatic heterocycles. The number of aliphatic hydroxyl groups is 1. The minimum atomic E-state index is -0.600. The van der Waals surface area contributed by atoms with Gasteiger partial charge in [0.1, 0.15) is 0 Å². The van der Waals surface area contributed by atoms with E-state index in [9.17, 15) is 9.90 Å². The van der Waals surface area contributed by atoms with E-state index in [0.717, 1.165) is 17.6 Å². The molecule has 0 fully saturated rings.